The predicted octanol–water partition coefficient (Wildman–Crippen LogP) is 1.77. The van der Waals surface area contributed by atoms with Gasteiger partial charge in [0.2, 0.25) is 5.82 Å². The van der Waals surface area contributed by atoms with Crippen molar-refractivity contribution in [3.8, 4) is 0 Å². The van der Waals surface area contributed by atoms with Crippen molar-refractivity contribution in [2.24, 2.45) is 0 Å². The zero-order valence-electron chi connectivity index (χ0n) is 16.1. The zero-order chi connectivity index (χ0) is 20.4. The van der Waals surface area contributed by atoms with Gasteiger partial charge in [-0.15, -0.1) is 0 Å². The molecule has 2 amide bonds. The molecule has 2 fully saturated rings. The third-order valence-corrected chi connectivity index (χ3v) is 5.67. The number of anilines is 1. The highest BCUT2D eigenvalue weighted by Gasteiger charge is 2.31. The normalized spacial score (nSPS) is 18.1. The molecule has 2 aromatic heterocycles. The number of carbonyl (C=O) groups excluding carboxylic acids is 1. The van der Waals surface area contributed by atoms with Gasteiger partial charge in [-0.1, -0.05) is 25.3 Å². The number of hydrogen-bond donors (Lipinski definition) is 1. The lowest BCUT2D eigenvalue weighted by atomic mass is 9.96. The van der Waals surface area contributed by atoms with Crippen LogP contribution in [0, 0.1) is 10.1 Å². The number of rotatable bonds is 3. The number of urea groups is 1. The minimum absolute atomic E-state index is 0.0681. The van der Waals surface area contributed by atoms with Gasteiger partial charge in [-0.25, -0.2) is 9.78 Å². The molecule has 1 saturated heterocycles. The first-order valence-electron chi connectivity index (χ1n) is 10.0. The second-order valence-electron chi connectivity index (χ2n) is 7.53. The summed E-state index contributed by atoms with van der Waals surface area (Å²) in [5.41, 5.74) is -0.877. The summed E-state index contributed by atoms with van der Waals surface area (Å²) >= 11 is 0. The summed E-state index contributed by atoms with van der Waals surface area (Å²) in [4.78, 5) is 43.9. The van der Waals surface area contributed by atoms with Crippen molar-refractivity contribution in [2.75, 3.05) is 31.1 Å². The molecule has 10 heteroatoms. The lowest BCUT2D eigenvalue weighted by Crippen LogP contribution is -2.54. The first kappa shape index (κ1) is 19.2. The van der Waals surface area contributed by atoms with Crippen LogP contribution in [-0.4, -0.2) is 57.5 Å². The predicted molar refractivity (Wildman–Crippen MR) is 107 cm³/mol. The average molecular weight is 400 g/mol. The van der Waals surface area contributed by atoms with Gasteiger partial charge in [0.1, 0.15) is 5.65 Å². The molecule has 1 saturated carbocycles. The molecule has 154 valence electrons. The number of carbonyl (C=O) groups is 1. The van der Waals surface area contributed by atoms with Crippen LogP contribution in [0.4, 0.5) is 16.3 Å². The molecular formula is C19H24N6O4. The molecule has 1 aliphatic carbocycles. The van der Waals surface area contributed by atoms with Crippen LogP contribution in [0.15, 0.2) is 29.2 Å². The van der Waals surface area contributed by atoms with E-state index in [0.717, 1.165) is 25.7 Å². The van der Waals surface area contributed by atoms with Crippen molar-refractivity contribution in [3.05, 3.63) is 44.9 Å². The van der Waals surface area contributed by atoms with Crippen LogP contribution in [0.2, 0.25) is 0 Å². The topological polar surface area (TPSA) is 113 Å². The van der Waals surface area contributed by atoms with E-state index in [9.17, 15) is 19.7 Å². The summed E-state index contributed by atoms with van der Waals surface area (Å²) in [5.74, 6) is 0.0681. The van der Waals surface area contributed by atoms with Crippen LogP contribution < -0.4 is 15.8 Å². The molecule has 2 aliphatic rings. The summed E-state index contributed by atoms with van der Waals surface area (Å²) < 4.78 is 1.18. The Hall–Kier alpha value is -3.17. The summed E-state index contributed by atoms with van der Waals surface area (Å²) in [6.07, 6.45) is 7.01. The first-order chi connectivity index (χ1) is 14.0. The van der Waals surface area contributed by atoms with Crippen molar-refractivity contribution in [2.45, 2.75) is 38.1 Å². The summed E-state index contributed by atoms with van der Waals surface area (Å²) in [6.45, 7) is 1.61. The molecule has 0 radical (unpaired) electrons. The van der Waals surface area contributed by atoms with Crippen LogP contribution >= 0.6 is 0 Å². The number of amides is 2. The third kappa shape index (κ3) is 3.87. The van der Waals surface area contributed by atoms with E-state index in [2.05, 4.69) is 10.3 Å². The van der Waals surface area contributed by atoms with Gasteiger partial charge in [-0.2, -0.15) is 0 Å². The van der Waals surface area contributed by atoms with E-state index in [4.69, 9.17) is 0 Å². The first-order valence-corrected chi connectivity index (χ1v) is 10.0. The number of fused-ring (bicyclic) bond motifs is 1. The van der Waals surface area contributed by atoms with Crippen molar-refractivity contribution >= 4 is 23.2 Å². The Balaban J connectivity index is 1.50. The van der Waals surface area contributed by atoms with Crippen molar-refractivity contribution in [1.29, 1.82) is 0 Å². The highest BCUT2D eigenvalue weighted by atomic mass is 16.6. The van der Waals surface area contributed by atoms with Crippen molar-refractivity contribution in [3.63, 3.8) is 0 Å². The Bertz CT molecular complexity index is 976. The summed E-state index contributed by atoms with van der Waals surface area (Å²) in [6, 6.07) is 5.14. The summed E-state index contributed by atoms with van der Waals surface area (Å²) in [7, 11) is 0. The molecule has 29 heavy (non-hydrogen) atoms. The van der Waals surface area contributed by atoms with E-state index in [1.807, 2.05) is 0 Å². The standard InChI is InChI=1S/C19H24N6O4/c26-18-16(25(28)29)17(21-15-8-4-5-9-24(15)18)22-10-12-23(13-11-22)19(27)20-14-6-2-1-3-7-14/h4-5,8-9,14H,1-3,6-7,10-13H2,(H,20,27). The molecule has 0 spiro atoms. The fourth-order valence-corrected chi connectivity index (χ4v) is 4.08. The molecular weight excluding hydrogens is 376 g/mol. The zero-order valence-corrected chi connectivity index (χ0v) is 16.1. The second-order valence-corrected chi connectivity index (χ2v) is 7.53. The molecule has 0 aromatic carbocycles. The second kappa shape index (κ2) is 8.06. The van der Waals surface area contributed by atoms with Crippen molar-refractivity contribution in [1.82, 2.24) is 19.6 Å². The van der Waals surface area contributed by atoms with E-state index in [0.29, 0.717) is 31.8 Å². The number of piperazine rings is 1. The largest absolute Gasteiger partial charge is 0.376 e. The SMILES string of the molecule is O=C(NC1CCCCC1)N1CCN(c2nc3ccccn3c(=O)c2[N+](=O)[O-])CC1. The third-order valence-electron chi connectivity index (χ3n) is 5.67. The number of nitrogens with zero attached hydrogens (tertiary/aromatic N) is 5. The molecule has 2 aromatic rings. The highest BCUT2D eigenvalue weighted by molar-refractivity contribution is 5.75. The van der Waals surface area contributed by atoms with Gasteiger partial charge in [0, 0.05) is 38.4 Å². The van der Waals surface area contributed by atoms with Gasteiger partial charge in [-0.3, -0.25) is 19.3 Å². The maximum Gasteiger partial charge on any atom is 0.376 e. The van der Waals surface area contributed by atoms with E-state index < -0.39 is 16.2 Å². The van der Waals surface area contributed by atoms with Gasteiger partial charge < -0.3 is 15.1 Å². The molecule has 0 bridgehead atoms. The lowest BCUT2D eigenvalue weighted by Gasteiger charge is -2.36. The maximum atomic E-state index is 12.6. The van der Waals surface area contributed by atoms with Crippen LogP contribution in [0.1, 0.15) is 32.1 Å². The molecule has 1 N–H and O–H groups in total. The number of nitro groups is 1. The fraction of sp³-hybridized carbons (Fsp3) is 0.526. The van der Waals surface area contributed by atoms with Crippen LogP contribution in [0.25, 0.3) is 5.65 Å². The number of aromatic nitrogens is 2. The number of pyridine rings is 1. The van der Waals surface area contributed by atoms with Gasteiger partial charge in [0.05, 0.1) is 4.92 Å². The monoisotopic (exact) mass is 400 g/mol. The van der Waals surface area contributed by atoms with Gasteiger partial charge in [0.15, 0.2) is 0 Å². The van der Waals surface area contributed by atoms with Crippen molar-refractivity contribution < 1.29 is 9.72 Å². The van der Waals surface area contributed by atoms with Gasteiger partial charge in [0.25, 0.3) is 0 Å². The average Bonchev–Trinajstić information content (AvgIpc) is 2.74. The van der Waals surface area contributed by atoms with Crippen LogP contribution in [-0.2, 0) is 0 Å². The minimum Gasteiger partial charge on any atom is -0.347 e. The molecule has 3 heterocycles. The minimum atomic E-state index is -0.701. The molecule has 1 aliphatic heterocycles. The summed E-state index contributed by atoms with van der Waals surface area (Å²) in [5, 5.41) is 14.7. The molecule has 0 unspecified atom stereocenters. The Morgan fingerprint density at radius 1 is 1.14 bits per heavy atom. The van der Waals surface area contributed by atoms with E-state index in [1.165, 1.54) is 17.0 Å². The van der Waals surface area contributed by atoms with E-state index >= 15 is 0 Å². The van der Waals surface area contributed by atoms with Gasteiger partial charge in [-0.05, 0) is 25.0 Å². The van der Waals surface area contributed by atoms with Gasteiger partial charge >= 0.3 is 17.3 Å². The Labute approximate surface area is 167 Å². The smallest absolute Gasteiger partial charge is 0.347 e. The quantitative estimate of drug-likeness (QED) is 0.621. The van der Waals surface area contributed by atoms with Crippen LogP contribution in [0.3, 0.4) is 0 Å². The maximum absolute atomic E-state index is 12.6. The Morgan fingerprint density at radius 2 is 1.86 bits per heavy atom. The fourth-order valence-electron chi connectivity index (χ4n) is 4.08. The Morgan fingerprint density at radius 3 is 2.55 bits per heavy atom. The van der Waals surface area contributed by atoms with E-state index in [1.54, 1.807) is 28.0 Å². The molecule has 0 atom stereocenters. The highest BCUT2D eigenvalue weighted by Crippen LogP contribution is 2.24. The lowest BCUT2D eigenvalue weighted by molar-refractivity contribution is -0.385. The van der Waals surface area contributed by atoms with Crippen LogP contribution in [0.5, 0.6) is 0 Å². The number of nitrogens with one attached hydrogen (secondary N) is 1. The number of hydrogen-bond acceptors (Lipinski definition) is 6. The molecule has 10 nitrogen and oxygen atoms in total. The van der Waals surface area contributed by atoms with E-state index in [-0.39, 0.29) is 17.9 Å². The Kier molecular flexibility index (Phi) is 5.32. The molecule has 4 rings (SSSR count).